The van der Waals surface area contributed by atoms with E-state index in [-0.39, 0.29) is 11.7 Å². The molecule has 4 aromatic rings. The highest BCUT2D eigenvalue weighted by atomic mass is 16.5. The largest absolute Gasteiger partial charge is 0.504 e. The Hall–Kier alpha value is -4.05. The maximum absolute atomic E-state index is 13.3. The lowest BCUT2D eigenvalue weighted by Crippen LogP contribution is -2.24. The second-order valence-corrected chi connectivity index (χ2v) is 6.77. The van der Waals surface area contributed by atoms with Crippen molar-refractivity contribution in [3.05, 3.63) is 103 Å². The summed E-state index contributed by atoms with van der Waals surface area (Å²) in [4.78, 5) is 15.0. The highest BCUT2D eigenvalue weighted by Crippen LogP contribution is 2.33. The number of amides is 1. The fraction of sp³-hybridized carbons (Fsp3) is 0.0385. The highest BCUT2D eigenvalue weighted by molar-refractivity contribution is 6.13. The Labute approximate surface area is 175 Å². The number of aromatic hydroxyl groups is 1. The average Bonchev–Trinajstić information content (AvgIpc) is 2.79. The fourth-order valence-corrected chi connectivity index (χ4v) is 3.42. The normalized spacial score (nSPS) is 11.0. The van der Waals surface area contributed by atoms with Crippen LogP contribution in [0.25, 0.3) is 16.8 Å². The maximum atomic E-state index is 13.3. The number of anilines is 2. The third kappa shape index (κ3) is 3.89. The van der Waals surface area contributed by atoms with Crippen molar-refractivity contribution in [3.8, 4) is 11.5 Å². The van der Waals surface area contributed by atoms with E-state index in [4.69, 9.17) is 4.74 Å². The minimum absolute atomic E-state index is 0.0288. The Morgan fingerprint density at radius 1 is 0.900 bits per heavy atom. The van der Waals surface area contributed by atoms with Crippen LogP contribution in [-0.4, -0.2) is 18.1 Å². The Kier molecular flexibility index (Phi) is 5.48. The lowest BCUT2D eigenvalue weighted by molar-refractivity contribution is -0.113. The number of rotatable bonds is 5. The van der Waals surface area contributed by atoms with Crippen LogP contribution in [0.4, 0.5) is 11.4 Å². The van der Waals surface area contributed by atoms with Crippen molar-refractivity contribution in [1.82, 2.24) is 0 Å². The van der Waals surface area contributed by atoms with Gasteiger partial charge in [0.15, 0.2) is 11.5 Å². The molecule has 4 nitrogen and oxygen atoms in total. The molecule has 0 fully saturated rings. The summed E-state index contributed by atoms with van der Waals surface area (Å²) < 4.78 is 5.07. The van der Waals surface area contributed by atoms with Gasteiger partial charge >= 0.3 is 0 Å². The Morgan fingerprint density at radius 2 is 1.63 bits per heavy atom. The number of para-hydroxylation sites is 1. The molecule has 4 rings (SSSR count). The van der Waals surface area contributed by atoms with Gasteiger partial charge in [-0.15, -0.1) is 0 Å². The molecule has 0 aliphatic carbocycles. The highest BCUT2D eigenvalue weighted by Gasteiger charge is 2.18. The summed E-state index contributed by atoms with van der Waals surface area (Å²) in [5.41, 5.74) is 2.29. The number of nitrogens with zero attached hydrogens (tertiary/aromatic N) is 1. The van der Waals surface area contributed by atoms with E-state index in [1.165, 1.54) is 13.2 Å². The summed E-state index contributed by atoms with van der Waals surface area (Å²) in [5.74, 6) is 0.231. The smallest absolute Gasteiger partial charge is 0.255 e. The lowest BCUT2D eigenvalue weighted by atomic mass is 10.1. The molecule has 1 amide bonds. The first kappa shape index (κ1) is 19.3. The van der Waals surface area contributed by atoms with Crippen molar-refractivity contribution in [2.45, 2.75) is 0 Å². The second kappa shape index (κ2) is 8.53. The second-order valence-electron chi connectivity index (χ2n) is 6.77. The van der Waals surface area contributed by atoms with Crippen molar-refractivity contribution < 1.29 is 14.6 Å². The van der Waals surface area contributed by atoms with Crippen LogP contribution in [0.5, 0.6) is 11.5 Å². The summed E-state index contributed by atoms with van der Waals surface area (Å²) in [5, 5.41) is 12.0. The summed E-state index contributed by atoms with van der Waals surface area (Å²) >= 11 is 0. The average molecular weight is 395 g/mol. The van der Waals surface area contributed by atoms with Gasteiger partial charge in [-0.25, -0.2) is 0 Å². The lowest BCUT2D eigenvalue weighted by Gasteiger charge is -2.23. The van der Waals surface area contributed by atoms with Crippen LogP contribution in [-0.2, 0) is 4.79 Å². The Balaban J connectivity index is 1.75. The number of benzene rings is 4. The predicted molar refractivity (Wildman–Crippen MR) is 121 cm³/mol. The van der Waals surface area contributed by atoms with Gasteiger partial charge < -0.3 is 9.84 Å². The molecule has 0 bridgehead atoms. The first-order chi connectivity index (χ1) is 14.7. The number of hydrogen-bond acceptors (Lipinski definition) is 3. The third-order valence-corrected chi connectivity index (χ3v) is 4.86. The number of carbonyl (C=O) groups is 1. The molecular formula is C26H21NO3. The van der Waals surface area contributed by atoms with Crippen LogP contribution >= 0.6 is 0 Å². The molecule has 0 saturated carbocycles. The number of ether oxygens (including phenoxy) is 1. The zero-order chi connectivity index (χ0) is 20.9. The van der Waals surface area contributed by atoms with E-state index in [9.17, 15) is 9.90 Å². The molecule has 0 aromatic heterocycles. The molecule has 0 atom stereocenters. The first-order valence-electron chi connectivity index (χ1n) is 9.59. The minimum Gasteiger partial charge on any atom is -0.504 e. The van der Waals surface area contributed by atoms with Crippen LogP contribution in [0.2, 0.25) is 0 Å². The van der Waals surface area contributed by atoms with Gasteiger partial charge in [-0.2, -0.15) is 0 Å². The molecule has 0 heterocycles. The topological polar surface area (TPSA) is 49.8 Å². The maximum Gasteiger partial charge on any atom is 0.255 e. The number of phenols is 1. The van der Waals surface area contributed by atoms with Gasteiger partial charge in [0.1, 0.15) is 0 Å². The van der Waals surface area contributed by atoms with Gasteiger partial charge in [-0.05, 0) is 47.4 Å². The first-order valence-corrected chi connectivity index (χ1v) is 9.59. The van der Waals surface area contributed by atoms with E-state index < -0.39 is 0 Å². The van der Waals surface area contributed by atoms with Crippen molar-refractivity contribution >= 4 is 34.1 Å². The minimum atomic E-state index is -0.187. The predicted octanol–water partition coefficient (Wildman–Crippen LogP) is 5.93. The van der Waals surface area contributed by atoms with Gasteiger partial charge in [0, 0.05) is 17.1 Å². The van der Waals surface area contributed by atoms with E-state index in [0.29, 0.717) is 11.3 Å². The molecule has 4 heteroatoms. The van der Waals surface area contributed by atoms with Crippen LogP contribution in [0.3, 0.4) is 0 Å². The van der Waals surface area contributed by atoms with Crippen LogP contribution < -0.4 is 9.64 Å². The monoisotopic (exact) mass is 395 g/mol. The van der Waals surface area contributed by atoms with Crippen molar-refractivity contribution in [1.29, 1.82) is 0 Å². The molecule has 0 aliphatic heterocycles. The Morgan fingerprint density at radius 3 is 2.40 bits per heavy atom. The molecule has 0 aliphatic rings. The molecule has 30 heavy (non-hydrogen) atoms. The molecule has 0 saturated heterocycles. The molecule has 1 N–H and O–H groups in total. The third-order valence-electron chi connectivity index (χ3n) is 4.86. The SMILES string of the molecule is COc1ccc(/C=C/C(=O)N(c2ccccc2)c2cccc3ccccc23)cc1O. The number of carbonyl (C=O) groups excluding carboxylic acids is 1. The number of phenolic OH excluding ortho intramolecular Hbond substituents is 1. The number of methoxy groups -OCH3 is 1. The molecular weight excluding hydrogens is 374 g/mol. The van der Waals surface area contributed by atoms with E-state index in [2.05, 4.69) is 0 Å². The van der Waals surface area contributed by atoms with Crippen molar-refractivity contribution in [2.75, 3.05) is 12.0 Å². The zero-order valence-electron chi connectivity index (χ0n) is 16.5. The summed E-state index contributed by atoms with van der Waals surface area (Å²) in [6.07, 6.45) is 3.19. The van der Waals surface area contributed by atoms with E-state index in [0.717, 1.165) is 22.1 Å². The van der Waals surface area contributed by atoms with Crippen LogP contribution in [0.1, 0.15) is 5.56 Å². The van der Waals surface area contributed by atoms with Gasteiger partial charge in [-0.1, -0.05) is 60.7 Å². The van der Waals surface area contributed by atoms with Crippen molar-refractivity contribution in [3.63, 3.8) is 0 Å². The summed E-state index contributed by atoms with van der Waals surface area (Å²) in [7, 11) is 1.50. The molecule has 4 aromatic carbocycles. The van der Waals surface area contributed by atoms with Crippen LogP contribution in [0, 0.1) is 0 Å². The van der Waals surface area contributed by atoms with E-state index in [1.54, 1.807) is 29.2 Å². The van der Waals surface area contributed by atoms with Gasteiger partial charge in [0.25, 0.3) is 5.91 Å². The zero-order valence-corrected chi connectivity index (χ0v) is 16.5. The van der Waals surface area contributed by atoms with Crippen molar-refractivity contribution in [2.24, 2.45) is 0 Å². The van der Waals surface area contributed by atoms with E-state index in [1.807, 2.05) is 72.8 Å². The number of fused-ring (bicyclic) bond motifs is 1. The fourth-order valence-electron chi connectivity index (χ4n) is 3.42. The van der Waals surface area contributed by atoms with Crippen LogP contribution in [0.15, 0.2) is 97.1 Å². The Bertz CT molecular complexity index is 1210. The molecule has 0 unspecified atom stereocenters. The van der Waals surface area contributed by atoms with E-state index >= 15 is 0 Å². The van der Waals surface area contributed by atoms with Gasteiger partial charge in [0.05, 0.1) is 12.8 Å². The molecule has 0 radical (unpaired) electrons. The molecule has 148 valence electrons. The van der Waals surface area contributed by atoms with Gasteiger partial charge in [-0.3, -0.25) is 9.69 Å². The standard InChI is InChI=1S/C26H21NO3/c1-30-25-16-14-19(18-24(25)28)15-17-26(29)27(21-10-3-2-4-11-21)23-13-7-9-20-8-5-6-12-22(20)23/h2-18,28H,1H3/b17-15+. The number of hydrogen-bond donors (Lipinski definition) is 1. The summed E-state index contributed by atoms with van der Waals surface area (Å²) in [6, 6.07) is 28.5. The summed E-state index contributed by atoms with van der Waals surface area (Å²) in [6.45, 7) is 0. The van der Waals surface area contributed by atoms with Gasteiger partial charge in [0.2, 0.25) is 0 Å². The quantitative estimate of drug-likeness (QED) is 0.426. The molecule has 0 spiro atoms.